The van der Waals surface area contributed by atoms with Gasteiger partial charge in [-0.3, -0.25) is 0 Å². The normalized spacial score (nSPS) is 17.5. The summed E-state index contributed by atoms with van der Waals surface area (Å²) < 4.78 is 8.23. The van der Waals surface area contributed by atoms with Crippen LogP contribution >= 0.6 is 0 Å². The van der Waals surface area contributed by atoms with Crippen LogP contribution in [0.4, 0.5) is 0 Å². The highest BCUT2D eigenvalue weighted by Gasteiger charge is 2.18. The van der Waals surface area contributed by atoms with E-state index in [2.05, 4.69) is 38.9 Å². The summed E-state index contributed by atoms with van der Waals surface area (Å²) in [6.07, 6.45) is 6.11. The first-order chi connectivity index (χ1) is 11.9. The van der Waals surface area contributed by atoms with Crippen molar-refractivity contribution in [2.45, 2.75) is 32.4 Å². The number of aromatic nitrogens is 3. The molecule has 0 spiro atoms. The Hall–Kier alpha value is -2.40. The first-order valence-electron chi connectivity index (χ1n) is 8.62. The molecule has 1 N–H and O–H groups in total. The zero-order chi connectivity index (χ0) is 16.4. The van der Waals surface area contributed by atoms with E-state index in [1.54, 1.807) is 0 Å². The summed E-state index contributed by atoms with van der Waals surface area (Å²) in [6, 6.07) is 10.6. The fraction of sp³-hybridized carbons (Fsp3) is 0.368. The predicted molar refractivity (Wildman–Crippen MR) is 95.2 cm³/mol. The zero-order valence-electron chi connectivity index (χ0n) is 13.9. The summed E-state index contributed by atoms with van der Waals surface area (Å²) in [5.74, 6) is 0.817. The van der Waals surface area contributed by atoms with E-state index < -0.39 is 0 Å². The molecule has 3 heterocycles. The molecule has 1 saturated heterocycles. The summed E-state index contributed by atoms with van der Waals surface area (Å²) in [5, 5.41) is 3.47. The summed E-state index contributed by atoms with van der Waals surface area (Å²) in [7, 11) is 0. The second kappa shape index (κ2) is 6.61. The maximum Gasteiger partial charge on any atom is 0.163 e. The molecule has 1 aromatic carbocycles. The largest absolute Gasteiger partial charge is 0.488 e. The topological polar surface area (TPSA) is 52.0 Å². The highest BCUT2D eigenvalue weighted by Crippen LogP contribution is 2.32. The van der Waals surface area contributed by atoms with E-state index in [1.165, 1.54) is 12.8 Å². The molecular weight excluding hydrogens is 300 g/mol. The van der Waals surface area contributed by atoms with Gasteiger partial charge in [-0.15, -0.1) is 0 Å². The number of hydrogen-bond acceptors (Lipinski definition) is 4. The Morgan fingerprint density at radius 3 is 2.88 bits per heavy atom. The third kappa shape index (κ3) is 2.76. The van der Waals surface area contributed by atoms with Crippen LogP contribution in [0.3, 0.4) is 0 Å². The number of nitrogens with one attached hydrogen (secondary N) is 1. The molecule has 2 aromatic heterocycles. The number of imidazole rings is 1. The lowest BCUT2D eigenvalue weighted by molar-refractivity contribution is 0.278. The lowest BCUT2D eigenvalue weighted by Gasteiger charge is -2.14. The van der Waals surface area contributed by atoms with Gasteiger partial charge in [0, 0.05) is 18.2 Å². The molecule has 0 radical (unpaired) electrons. The summed E-state index contributed by atoms with van der Waals surface area (Å²) >= 11 is 0. The van der Waals surface area contributed by atoms with Crippen LogP contribution in [0.15, 0.2) is 42.9 Å². The highest BCUT2D eigenvalue weighted by atomic mass is 16.5. The zero-order valence-corrected chi connectivity index (χ0v) is 13.9. The van der Waals surface area contributed by atoms with E-state index in [1.807, 2.05) is 30.7 Å². The molecule has 5 nitrogen and oxygen atoms in total. The van der Waals surface area contributed by atoms with Gasteiger partial charge in [0.1, 0.15) is 17.6 Å². The Kier molecular flexibility index (Phi) is 4.17. The molecule has 1 aliphatic rings. The van der Waals surface area contributed by atoms with Crippen LogP contribution < -0.4 is 10.1 Å². The third-order valence-electron chi connectivity index (χ3n) is 4.60. The van der Waals surface area contributed by atoms with E-state index in [0.29, 0.717) is 12.6 Å². The Morgan fingerprint density at radius 1 is 1.25 bits per heavy atom. The van der Waals surface area contributed by atoms with Crippen molar-refractivity contribution in [3.63, 3.8) is 0 Å². The van der Waals surface area contributed by atoms with Crippen molar-refractivity contribution in [3.05, 3.63) is 42.9 Å². The third-order valence-corrected chi connectivity index (χ3v) is 4.60. The Morgan fingerprint density at radius 2 is 2.12 bits per heavy atom. The van der Waals surface area contributed by atoms with Crippen LogP contribution in [0.25, 0.3) is 22.3 Å². The van der Waals surface area contributed by atoms with E-state index in [9.17, 15) is 0 Å². The molecule has 4 rings (SSSR count). The molecule has 124 valence electrons. The van der Waals surface area contributed by atoms with E-state index in [-0.39, 0.29) is 0 Å². The van der Waals surface area contributed by atoms with Gasteiger partial charge < -0.3 is 14.6 Å². The van der Waals surface area contributed by atoms with Crippen molar-refractivity contribution >= 4 is 11.0 Å². The standard InChI is InChI=1S/C19H22N4O/c1-2-23-13-22-18-17(14-7-4-3-5-8-14)21-11-16(19(18)23)24-12-15-9-6-10-20-15/h3-5,7-8,11,13,15,20H,2,6,9-10,12H2,1H3/t15-/m1/s1. The number of nitrogens with zero attached hydrogens (tertiary/aromatic N) is 3. The van der Waals surface area contributed by atoms with Crippen molar-refractivity contribution in [2.24, 2.45) is 0 Å². The SMILES string of the molecule is CCn1cnc2c(-c3ccccc3)ncc(OC[C@H]3CCCN3)c21. The quantitative estimate of drug-likeness (QED) is 0.783. The van der Waals surface area contributed by atoms with Crippen LogP contribution in [-0.4, -0.2) is 33.7 Å². The van der Waals surface area contributed by atoms with Crippen LogP contribution in [0.2, 0.25) is 0 Å². The Balaban J connectivity index is 1.73. The molecule has 3 aromatic rings. The molecule has 0 bridgehead atoms. The van der Waals surface area contributed by atoms with Gasteiger partial charge in [-0.2, -0.15) is 0 Å². The van der Waals surface area contributed by atoms with Gasteiger partial charge in [0.05, 0.1) is 18.2 Å². The monoisotopic (exact) mass is 322 g/mol. The molecule has 5 heteroatoms. The number of fused-ring (bicyclic) bond motifs is 1. The van der Waals surface area contributed by atoms with Crippen molar-refractivity contribution in [3.8, 4) is 17.0 Å². The Labute approximate surface area is 141 Å². The van der Waals surface area contributed by atoms with E-state index in [4.69, 9.17) is 4.74 Å². The van der Waals surface area contributed by atoms with Gasteiger partial charge in [-0.05, 0) is 26.3 Å². The first kappa shape index (κ1) is 15.1. The van der Waals surface area contributed by atoms with Crippen LogP contribution in [0.1, 0.15) is 19.8 Å². The van der Waals surface area contributed by atoms with E-state index in [0.717, 1.165) is 41.1 Å². The fourth-order valence-corrected chi connectivity index (χ4v) is 3.30. The second-order valence-corrected chi connectivity index (χ2v) is 6.17. The predicted octanol–water partition coefficient (Wildman–Crippen LogP) is 3.25. The van der Waals surface area contributed by atoms with Crippen LogP contribution in [0.5, 0.6) is 5.75 Å². The van der Waals surface area contributed by atoms with Crippen molar-refractivity contribution in [1.29, 1.82) is 0 Å². The van der Waals surface area contributed by atoms with Crippen LogP contribution in [-0.2, 0) is 6.54 Å². The smallest absolute Gasteiger partial charge is 0.163 e. The van der Waals surface area contributed by atoms with Crippen LogP contribution in [0, 0.1) is 0 Å². The molecule has 0 amide bonds. The minimum absolute atomic E-state index is 0.437. The van der Waals surface area contributed by atoms with E-state index >= 15 is 0 Å². The van der Waals surface area contributed by atoms with Gasteiger partial charge in [-0.25, -0.2) is 9.97 Å². The number of hydrogen-bond donors (Lipinski definition) is 1. The second-order valence-electron chi connectivity index (χ2n) is 6.17. The van der Waals surface area contributed by atoms with Gasteiger partial charge in [-0.1, -0.05) is 30.3 Å². The fourth-order valence-electron chi connectivity index (χ4n) is 3.30. The maximum atomic E-state index is 6.11. The number of pyridine rings is 1. The lowest BCUT2D eigenvalue weighted by Crippen LogP contribution is -2.28. The minimum Gasteiger partial charge on any atom is -0.488 e. The molecular formula is C19H22N4O. The van der Waals surface area contributed by atoms with Gasteiger partial charge in [0.25, 0.3) is 0 Å². The highest BCUT2D eigenvalue weighted by molar-refractivity contribution is 5.93. The summed E-state index contributed by atoms with van der Waals surface area (Å²) in [5.41, 5.74) is 3.92. The van der Waals surface area contributed by atoms with Crippen molar-refractivity contribution in [2.75, 3.05) is 13.2 Å². The number of rotatable bonds is 5. The average molecular weight is 322 g/mol. The van der Waals surface area contributed by atoms with Crippen molar-refractivity contribution < 1.29 is 4.74 Å². The molecule has 0 unspecified atom stereocenters. The number of aryl methyl sites for hydroxylation is 1. The van der Waals surface area contributed by atoms with Crippen molar-refractivity contribution in [1.82, 2.24) is 19.9 Å². The lowest BCUT2D eigenvalue weighted by atomic mass is 10.1. The van der Waals surface area contributed by atoms with Gasteiger partial charge in [0.2, 0.25) is 0 Å². The molecule has 1 aliphatic heterocycles. The number of ether oxygens (including phenoxy) is 1. The summed E-state index contributed by atoms with van der Waals surface area (Å²) in [4.78, 5) is 9.26. The molecule has 0 aliphatic carbocycles. The summed E-state index contributed by atoms with van der Waals surface area (Å²) in [6.45, 7) is 4.73. The minimum atomic E-state index is 0.437. The van der Waals surface area contributed by atoms with Gasteiger partial charge >= 0.3 is 0 Å². The number of benzene rings is 1. The molecule has 24 heavy (non-hydrogen) atoms. The first-order valence-corrected chi connectivity index (χ1v) is 8.62. The maximum absolute atomic E-state index is 6.11. The Bertz CT molecular complexity index is 822. The molecule has 0 saturated carbocycles. The van der Waals surface area contributed by atoms with Gasteiger partial charge in [0.15, 0.2) is 5.75 Å². The molecule has 1 atom stereocenters. The molecule has 1 fully saturated rings. The average Bonchev–Trinajstić information content (AvgIpc) is 3.30.